The highest BCUT2D eigenvalue weighted by Gasteiger charge is 2.38. The Kier molecular flexibility index (Phi) is 3.38. The standard InChI is InChI=1S/C13H17N3O2S/c1-2-18-13(4-6-17-7-5-13)12-15-10(14)9-3-8-19-11(9)16-12/h3,8H,2,4-7H2,1H3,(H2,14,15,16). The van der Waals surface area contributed by atoms with Gasteiger partial charge in [-0.25, -0.2) is 9.97 Å². The highest BCUT2D eigenvalue weighted by Crippen LogP contribution is 2.36. The smallest absolute Gasteiger partial charge is 0.164 e. The molecule has 3 heterocycles. The molecule has 0 atom stereocenters. The van der Waals surface area contributed by atoms with Gasteiger partial charge in [0.2, 0.25) is 0 Å². The Hall–Kier alpha value is -1.24. The van der Waals surface area contributed by atoms with Gasteiger partial charge in [0.15, 0.2) is 5.82 Å². The Labute approximate surface area is 115 Å². The van der Waals surface area contributed by atoms with Crippen molar-refractivity contribution in [1.29, 1.82) is 0 Å². The van der Waals surface area contributed by atoms with Gasteiger partial charge in [0, 0.05) is 32.7 Å². The number of rotatable bonds is 3. The third-order valence-corrected chi connectivity index (χ3v) is 4.29. The molecule has 1 fully saturated rings. The summed E-state index contributed by atoms with van der Waals surface area (Å²) in [5.74, 6) is 1.23. The van der Waals surface area contributed by atoms with E-state index < -0.39 is 5.60 Å². The van der Waals surface area contributed by atoms with Crippen molar-refractivity contribution in [2.75, 3.05) is 25.6 Å². The van der Waals surface area contributed by atoms with Gasteiger partial charge in [-0.3, -0.25) is 0 Å². The van der Waals surface area contributed by atoms with E-state index in [1.807, 2.05) is 18.4 Å². The largest absolute Gasteiger partial charge is 0.383 e. The maximum atomic E-state index is 6.03. The molecule has 2 N–H and O–H groups in total. The topological polar surface area (TPSA) is 70.3 Å². The second kappa shape index (κ2) is 5.03. The molecule has 1 saturated heterocycles. The number of hydrogen-bond acceptors (Lipinski definition) is 6. The van der Waals surface area contributed by atoms with Gasteiger partial charge < -0.3 is 15.2 Å². The monoisotopic (exact) mass is 279 g/mol. The number of thiophene rings is 1. The number of anilines is 1. The third-order valence-electron chi connectivity index (χ3n) is 3.48. The SMILES string of the molecule is CCOC1(c2nc(N)c3ccsc3n2)CCOCC1. The molecule has 0 aliphatic carbocycles. The maximum absolute atomic E-state index is 6.03. The fraction of sp³-hybridized carbons (Fsp3) is 0.538. The molecule has 0 bridgehead atoms. The van der Waals surface area contributed by atoms with Crippen LogP contribution >= 0.6 is 11.3 Å². The summed E-state index contributed by atoms with van der Waals surface area (Å²) in [6.45, 7) is 3.97. The normalized spacial score (nSPS) is 18.8. The van der Waals surface area contributed by atoms with E-state index in [0.717, 1.165) is 23.1 Å². The maximum Gasteiger partial charge on any atom is 0.164 e. The van der Waals surface area contributed by atoms with E-state index in [0.29, 0.717) is 31.5 Å². The minimum atomic E-state index is -0.445. The van der Waals surface area contributed by atoms with Gasteiger partial charge in [-0.1, -0.05) is 0 Å². The molecule has 0 unspecified atom stereocenters. The van der Waals surface area contributed by atoms with E-state index in [9.17, 15) is 0 Å². The van der Waals surface area contributed by atoms with Crippen LogP contribution in [0.5, 0.6) is 0 Å². The number of hydrogen-bond donors (Lipinski definition) is 1. The van der Waals surface area contributed by atoms with E-state index in [2.05, 4.69) is 9.97 Å². The molecule has 6 heteroatoms. The molecule has 0 aromatic carbocycles. The van der Waals surface area contributed by atoms with E-state index in [1.54, 1.807) is 11.3 Å². The molecule has 3 rings (SSSR count). The molecule has 0 saturated carbocycles. The van der Waals surface area contributed by atoms with Gasteiger partial charge >= 0.3 is 0 Å². The predicted octanol–water partition coefficient (Wildman–Crippen LogP) is 2.32. The lowest BCUT2D eigenvalue weighted by molar-refractivity contribution is -0.117. The highest BCUT2D eigenvalue weighted by atomic mass is 32.1. The van der Waals surface area contributed by atoms with Crippen LogP contribution in [0.15, 0.2) is 11.4 Å². The first-order chi connectivity index (χ1) is 9.25. The number of nitrogens with two attached hydrogens (primary N) is 1. The Balaban J connectivity index is 2.08. The van der Waals surface area contributed by atoms with Crippen molar-refractivity contribution in [3.05, 3.63) is 17.3 Å². The van der Waals surface area contributed by atoms with Crippen LogP contribution in [0.1, 0.15) is 25.6 Å². The van der Waals surface area contributed by atoms with Gasteiger partial charge in [0.05, 0.1) is 5.39 Å². The molecule has 2 aromatic heterocycles. The zero-order valence-corrected chi connectivity index (χ0v) is 11.7. The first-order valence-corrected chi connectivity index (χ1v) is 7.36. The van der Waals surface area contributed by atoms with Gasteiger partial charge in [-0.05, 0) is 18.4 Å². The quantitative estimate of drug-likeness (QED) is 0.933. The second-order valence-corrected chi connectivity index (χ2v) is 5.51. The predicted molar refractivity (Wildman–Crippen MR) is 75.2 cm³/mol. The molecular weight excluding hydrogens is 262 g/mol. The van der Waals surface area contributed by atoms with Crippen LogP contribution in [0.2, 0.25) is 0 Å². The van der Waals surface area contributed by atoms with Gasteiger partial charge in [-0.2, -0.15) is 0 Å². The van der Waals surface area contributed by atoms with Crippen LogP contribution in [0, 0.1) is 0 Å². The van der Waals surface area contributed by atoms with Crippen molar-refractivity contribution >= 4 is 27.4 Å². The Bertz CT molecular complexity index is 573. The summed E-state index contributed by atoms with van der Waals surface area (Å²) in [6, 6.07) is 1.95. The molecular formula is C13H17N3O2S. The summed E-state index contributed by atoms with van der Waals surface area (Å²) in [5.41, 5.74) is 5.59. The highest BCUT2D eigenvalue weighted by molar-refractivity contribution is 7.16. The molecule has 0 amide bonds. The fourth-order valence-corrected chi connectivity index (χ4v) is 3.26. The molecule has 19 heavy (non-hydrogen) atoms. The molecule has 5 nitrogen and oxygen atoms in total. The summed E-state index contributed by atoms with van der Waals surface area (Å²) >= 11 is 1.58. The molecule has 102 valence electrons. The van der Waals surface area contributed by atoms with Crippen LogP contribution in [0.4, 0.5) is 5.82 Å². The minimum absolute atomic E-state index is 0.445. The zero-order chi connectivity index (χ0) is 13.3. The van der Waals surface area contributed by atoms with Crippen molar-refractivity contribution in [3.63, 3.8) is 0 Å². The summed E-state index contributed by atoms with van der Waals surface area (Å²) in [5, 5.41) is 2.91. The van der Waals surface area contributed by atoms with E-state index in [4.69, 9.17) is 15.2 Å². The fourth-order valence-electron chi connectivity index (χ4n) is 2.49. The Morgan fingerprint density at radius 1 is 1.42 bits per heavy atom. The van der Waals surface area contributed by atoms with Gasteiger partial charge in [-0.15, -0.1) is 11.3 Å². The Morgan fingerprint density at radius 2 is 2.21 bits per heavy atom. The van der Waals surface area contributed by atoms with Crippen molar-refractivity contribution in [1.82, 2.24) is 9.97 Å². The number of ether oxygens (including phenoxy) is 2. The lowest BCUT2D eigenvalue weighted by atomic mass is 9.93. The molecule has 1 aliphatic rings. The van der Waals surface area contributed by atoms with Gasteiger partial charge in [0.25, 0.3) is 0 Å². The van der Waals surface area contributed by atoms with Crippen molar-refractivity contribution < 1.29 is 9.47 Å². The van der Waals surface area contributed by atoms with Crippen LogP contribution in [0.3, 0.4) is 0 Å². The number of fused-ring (bicyclic) bond motifs is 1. The summed E-state index contributed by atoms with van der Waals surface area (Å²) in [6.07, 6.45) is 1.55. The first kappa shape index (κ1) is 12.8. The Morgan fingerprint density at radius 3 is 2.95 bits per heavy atom. The average Bonchev–Trinajstić information content (AvgIpc) is 2.89. The average molecular weight is 279 g/mol. The third kappa shape index (κ3) is 2.20. The minimum Gasteiger partial charge on any atom is -0.383 e. The first-order valence-electron chi connectivity index (χ1n) is 6.48. The van der Waals surface area contributed by atoms with Gasteiger partial charge in [0.1, 0.15) is 16.2 Å². The molecule has 2 aromatic rings. The van der Waals surface area contributed by atoms with E-state index in [1.165, 1.54) is 0 Å². The summed E-state index contributed by atoms with van der Waals surface area (Å²) < 4.78 is 11.4. The lowest BCUT2D eigenvalue weighted by Gasteiger charge is -2.35. The number of nitrogens with zero attached hydrogens (tertiary/aromatic N) is 2. The van der Waals surface area contributed by atoms with E-state index in [-0.39, 0.29) is 0 Å². The van der Waals surface area contributed by atoms with Crippen molar-refractivity contribution in [3.8, 4) is 0 Å². The second-order valence-electron chi connectivity index (χ2n) is 4.61. The van der Waals surface area contributed by atoms with Crippen LogP contribution in [0.25, 0.3) is 10.2 Å². The zero-order valence-electron chi connectivity index (χ0n) is 10.9. The summed E-state index contributed by atoms with van der Waals surface area (Å²) in [7, 11) is 0. The summed E-state index contributed by atoms with van der Waals surface area (Å²) in [4.78, 5) is 10.1. The lowest BCUT2D eigenvalue weighted by Crippen LogP contribution is -2.38. The van der Waals surface area contributed by atoms with Crippen LogP contribution in [-0.4, -0.2) is 29.8 Å². The van der Waals surface area contributed by atoms with Crippen LogP contribution in [-0.2, 0) is 15.1 Å². The molecule has 0 radical (unpaired) electrons. The van der Waals surface area contributed by atoms with E-state index >= 15 is 0 Å². The molecule has 0 spiro atoms. The number of nitrogen functional groups attached to an aromatic ring is 1. The molecule has 1 aliphatic heterocycles. The number of aromatic nitrogens is 2. The van der Waals surface area contributed by atoms with Crippen LogP contribution < -0.4 is 5.73 Å². The van der Waals surface area contributed by atoms with Crippen molar-refractivity contribution in [2.24, 2.45) is 0 Å². The van der Waals surface area contributed by atoms with Crippen molar-refractivity contribution in [2.45, 2.75) is 25.4 Å².